The molecule has 4 heteroatoms. The average Bonchev–Trinajstić information content (AvgIpc) is 2.35. The van der Waals surface area contributed by atoms with E-state index in [1.165, 1.54) is 11.1 Å². The number of anilines is 1. The maximum Gasteiger partial charge on any atom is 0.224 e. The Morgan fingerprint density at radius 2 is 2.11 bits per heavy atom. The Morgan fingerprint density at radius 3 is 2.74 bits per heavy atom. The molecule has 0 aromatic heterocycles. The maximum absolute atomic E-state index is 11.4. The van der Waals surface area contributed by atoms with Crippen molar-refractivity contribution in [1.29, 1.82) is 0 Å². The molecule has 19 heavy (non-hydrogen) atoms. The summed E-state index contributed by atoms with van der Waals surface area (Å²) in [5.41, 5.74) is 9.40. The van der Waals surface area contributed by atoms with Gasteiger partial charge in [0.15, 0.2) is 0 Å². The Balaban J connectivity index is 2.26. The molecule has 2 rings (SSSR count). The normalized spacial score (nSPS) is 17.8. The predicted octanol–water partition coefficient (Wildman–Crippen LogP) is 1.91. The fourth-order valence-corrected chi connectivity index (χ4v) is 2.61. The van der Waals surface area contributed by atoms with Crippen LogP contribution in [0, 0.1) is 0 Å². The van der Waals surface area contributed by atoms with Gasteiger partial charge in [-0.25, -0.2) is 0 Å². The van der Waals surface area contributed by atoms with Crippen molar-refractivity contribution in [2.75, 3.05) is 19.4 Å². The number of hydrogen-bond donors (Lipinski definition) is 2. The molecule has 2 atom stereocenters. The van der Waals surface area contributed by atoms with Crippen LogP contribution in [0.2, 0.25) is 0 Å². The number of rotatable bonds is 4. The van der Waals surface area contributed by atoms with Crippen molar-refractivity contribution in [3.8, 4) is 0 Å². The van der Waals surface area contributed by atoms with Crippen LogP contribution in [-0.2, 0) is 11.2 Å². The second kappa shape index (κ2) is 5.72. The van der Waals surface area contributed by atoms with Crippen molar-refractivity contribution in [2.45, 2.75) is 38.3 Å². The summed E-state index contributed by atoms with van der Waals surface area (Å²) in [5, 5.41) is 2.92. The first-order valence-corrected chi connectivity index (χ1v) is 6.82. The van der Waals surface area contributed by atoms with Crippen LogP contribution in [-0.4, -0.2) is 30.9 Å². The van der Waals surface area contributed by atoms with Gasteiger partial charge in [0, 0.05) is 24.2 Å². The zero-order valence-electron chi connectivity index (χ0n) is 11.9. The molecule has 3 N–H and O–H groups in total. The number of benzene rings is 1. The van der Waals surface area contributed by atoms with Crippen LogP contribution in [0.3, 0.4) is 0 Å². The van der Waals surface area contributed by atoms with Gasteiger partial charge >= 0.3 is 0 Å². The summed E-state index contributed by atoms with van der Waals surface area (Å²) in [6.07, 6.45) is 2.34. The number of carbonyl (C=O) groups excluding carboxylic acids is 1. The first-order chi connectivity index (χ1) is 8.97. The maximum atomic E-state index is 11.4. The minimum Gasteiger partial charge on any atom is -0.328 e. The Morgan fingerprint density at radius 1 is 1.37 bits per heavy atom. The molecule has 0 saturated heterocycles. The van der Waals surface area contributed by atoms with Gasteiger partial charge in [0.05, 0.1) is 0 Å². The standard InChI is InChI=1S/C15H23N3O/c1-10(16)8-14(18(2)3)12-4-6-13-11(9-12)5-7-15(19)17-13/h4,6,9-10,14H,5,7-8,16H2,1-3H3,(H,17,19). The third kappa shape index (κ3) is 3.33. The molecule has 1 aromatic carbocycles. The highest BCUT2D eigenvalue weighted by atomic mass is 16.1. The quantitative estimate of drug-likeness (QED) is 0.870. The van der Waals surface area contributed by atoms with E-state index in [0.29, 0.717) is 12.5 Å². The molecule has 1 aliphatic heterocycles. The number of nitrogens with two attached hydrogens (primary N) is 1. The van der Waals surface area contributed by atoms with Gasteiger partial charge in [-0.05, 0) is 51.1 Å². The number of fused-ring (bicyclic) bond motifs is 1. The van der Waals surface area contributed by atoms with Crippen LogP contribution >= 0.6 is 0 Å². The van der Waals surface area contributed by atoms with Crippen molar-refractivity contribution >= 4 is 11.6 Å². The van der Waals surface area contributed by atoms with E-state index in [9.17, 15) is 4.79 Å². The summed E-state index contributed by atoms with van der Waals surface area (Å²) in [6.45, 7) is 2.04. The minimum atomic E-state index is 0.111. The smallest absolute Gasteiger partial charge is 0.224 e. The van der Waals surface area contributed by atoms with Crippen molar-refractivity contribution in [2.24, 2.45) is 5.73 Å². The molecule has 0 radical (unpaired) electrons. The van der Waals surface area contributed by atoms with Gasteiger partial charge in [0.1, 0.15) is 0 Å². The molecule has 0 bridgehead atoms. The summed E-state index contributed by atoms with van der Waals surface area (Å²) in [4.78, 5) is 13.6. The second-order valence-corrected chi connectivity index (χ2v) is 5.66. The van der Waals surface area contributed by atoms with Gasteiger partial charge in [-0.15, -0.1) is 0 Å². The Kier molecular flexibility index (Phi) is 4.22. The van der Waals surface area contributed by atoms with E-state index in [2.05, 4.69) is 36.4 Å². The lowest BCUT2D eigenvalue weighted by molar-refractivity contribution is -0.116. The van der Waals surface area contributed by atoms with Gasteiger partial charge in [-0.2, -0.15) is 0 Å². The van der Waals surface area contributed by atoms with E-state index in [-0.39, 0.29) is 11.9 Å². The molecule has 1 heterocycles. The lowest BCUT2D eigenvalue weighted by atomic mass is 9.94. The van der Waals surface area contributed by atoms with Crippen LogP contribution < -0.4 is 11.1 Å². The van der Waals surface area contributed by atoms with E-state index in [1.807, 2.05) is 13.0 Å². The third-order valence-corrected chi connectivity index (χ3v) is 3.63. The van der Waals surface area contributed by atoms with Crippen molar-refractivity contribution < 1.29 is 4.79 Å². The molecule has 1 amide bonds. The first-order valence-electron chi connectivity index (χ1n) is 6.82. The lowest BCUT2D eigenvalue weighted by Gasteiger charge is -2.28. The number of amides is 1. The molecule has 104 valence electrons. The summed E-state index contributed by atoms with van der Waals surface area (Å²) < 4.78 is 0. The number of nitrogens with one attached hydrogen (secondary N) is 1. The van der Waals surface area contributed by atoms with Crippen LogP contribution in [0.4, 0.5) is 5.69 Å². The van der Waals surface area contributed by atoms with E-state index in [4.69, 9.17) is 5.73 Å². The molecular formula is C15H23N3O. The predicted molar refractivity (Wildman–Crippen MR) is 78.1 cm³/mol. The highest BCUT2D eigenvalue weighted by Gasteiger charge is 2.20. The van der Waals surface area contributed by atoms with Gasteiger partial charge in [0.2, 0.25) is 5.91 Å². The van der Waals surface area contributed by atoms with Crippen LogP contribution in [0.5, 0.6) is 0 Å². The number of hydrogen-bond acceptors (Lipinski definition) is 3. The molecule has 4 nitrogen and oxygen atoms in total. The Bertz CT molecular complexity index is 468. The SMILES string of the molecule is CC(N)CC(c1ccc2c(c1)CCC(=O)N2)N(C)C. The Labute approximate surface area is 115 Å². The fourth-order valence-electron chi connectivity index (χ4n) is 2.61. The van der Waals surface area contributed by atoms with Crippen molar-refractivity contribution in [1.82, 2.24) is 4.90 Å². The summed E-state index contributed by atoms with van der Waals surface area (Å²) in [6, 6.07) is 6.81. The molecule has 1 aromatic rings. The minimum absolute atomic E-state index is 0.111. The third-order valence-electron chi connectivity index (χ3n) is 3.63. The molecular weight excluding hydrogens is 238 g/mol. The van der Waals surface area contributed by atoms with E-state index in [0.717, 1.165) is 18.5 Å². The Hall–Kier alpha value is -1.39. The average molecular weight is 261 g/mol. The van der Waals surface area contributed by atoms with Gasteiger partial charge < -0.3 is 16.0 Å². The van der Waals surface area contributed by atoms with Gasteiger partial charge in [-0.1, -0.05) is 12.1 Å². The second-order valence-electron chi connectivity index (χ2n) is 5.66. The molecule has 0 saturated carbocycles. The molecule has 0 spiro atoms. The number of nitrogens with zero attached hydrogens (tertiary/aromatic N) is 1. The summed E-state index contributed by atoms with van der Waals surface area (Å²) >= 11 is 0. The van der Waals surface area contributed by atoms with Crippen LogP contribution in [0.1, 0.15) is 36.9 Å². The van der Waals surface area contributed by atoms with Crippen molar-refractivity contribution in [3.05, 3.63) is 29.3 Å². The largest absolute Gasteiger partial charge is 0.328 e. The monoisotopic (exact) mass is 261 g/mol. The van der Waals surface area contributed by atoms with Gasteiger partial charge in [-0.3, -0.25) is 4.79 Å². The molecule has 1 aliphatic rings. The first kappa shape index (κ1) is 14.0. The molecule has 0 aliphatic carbocycles. The zero-order valence-corrected chi connectivity index (χ0v) is 11.9. The van der Waals surface area contributed by atoms with Crippen LogP contribution in [0.25, 0.3) is 0 Å². The number of aryl methyl sites for hydroxylation is 1. The molecule has 0 fully saturated rings. The summed E-state index contributed by atoms with van der Waals surface area (Å²) in [7, 11) is 4.16. The van der Waals surface area contributed by atoms with Crippen LogP contribution in [0.15, 0.2) is 18.2 Å². The molecule has 2 unspecified atom stereocenters. The van der Waals surface area contributed by atoms with Gasteiger partial charge in [0.25, 0.3) is 0 Å². The highest BCUT2D eigenvalue weighted by Crippen LogP contribution is 2.29. The van der Waals surface area contributed by atoms with E-state index in [1.54, 1.807) is 0 Å². The summed E-state index contributed by atoms with van der Waals surface area (Å²) in [5.74, 6) is 0.111. The number of carbonyl (C=O) groups is 1. The van der Waals surface area contributed by atoms with Crippen molar-refractivity contribution in [3.63, 3.8) is 0 Å². The van der Waals surface area contributed by atoms with E-state index < -0.39 is 0 Å². The lowest BCUT2D eigenvalue weighted by Crippen LogP contribution is -2.28. The topological polar surface area (TPSA) is 58.4 Å². The fraction of sp³-hybridized carbons (Fsp3) is 0.533. The zero-order chi connectivity index (χ0) is 14.0. The highest BCUT2D eigenvalue weighted by molar-refractivity contribution is 5.93. The van der Waals surface area contributed by atoms with E-state index >= 15 is 0 Å².